The number of carbonyl (C=O) groups excluding carboxylic acids is 1. The molecule has 0 bridgehead atoms. The molecule has 0 aliphatic carbocycles. The number of sulfonamides is 1. The number of amides is 1. The fourth-order valence-electron chi connectivity index (χ4n) is 2.54. The van der Waals surface area contributed by atoms with Crippen molar-refractivity contribution in [3.05, 3.63) is 17.9 Å². The summed E-state index contributed by atoms with van der Waals surface area (Å²) in [6.07, 6.45) is 0. The van der Waals surface area contributed by atoms with Gasteiger partial charge in [0, 0.05) is 46.8 Å². The third-order valence-electron chi connectivity index (χ3n) is 3.96. The van der Waals surface area contributed by atoms with Crippen LogP contribution in [0.15, 0.2) is 21.6 Å². The second-order valence-electron chi connectivity index (χ2n) is 6.01. The maximum Gasteiger partial charge on any atom is 0.275 e. The van der Waals surface area contributed by atoms with Crippen molar-refractivity contribution in [2.75, 3.05) is 53.4 Å². The SMILES string of the molecule is CCNC(=O)CN1CCN(Cc2ccc(S(=O)(=O)N(C)C)o2)CC1. The van der Waals surface area contributed by atoms with Gasteiger partial charge >= 0.3 is 0 Å². The van der Waals surface area contributed by atoms with Gasteiger partial charge in [-0.15, -0.1) is 0 Å². The molecule has 1 fully saturated rings. The molecule has 2 rings (SSSR count). The van der Waals surface area contributed by atoms with Crippen molar-refractivity contribution in [2.24, 2.45) is 0 Å². The summed E-state index contributed by atoms with van der Waals surface area (Å²) in [7, 11) is -0.574. The first-order chi connectivity index (χ1) is 11.3. The summed E-state index contributed by atoms with van der Waals surface area (Å²) < 4.78 is 30.6. The van der Waals surface area contributed by atoms with E-state index in [0.717, 1.165) is 30.5 Å². The van der Waals surface area contributed by atoms with Crippen LogP contribution in [0.1, 0.15) is 12.7 Å². The molecule has 0 unspecified atom stereocenters. The molecule has 1 aliphatic rings. The molecule has 0 radical (unpaired) electrons. The van der Waals surface area contributed by atoms with Crippen molar-refractivity contribution >= 4 is 15.9 Å². The molecule has 0 spiro atoms. The first-order valence-electron chi connectivity index (χ1n) is 8.05. The van der Waals surface area contributed by atoms with Crippen molar-refractivity contribution in [1.82, 2.24) is 19.4 Å². The van der Waals surface area contributed by atoms with E-state index >= 15 is 0 Å². The average Bonchev–Trinajstić information content (AvgIpc) is 2.98. The van der Waals surface area contributed by atoms with Crippen molar-refractivity contribution in [3.63, 3.8) is 0 Å². The number of furan rings is 1. The van der Waals surface area contributed by atoms with Crippen LogP contribution in [0.5, 0.6) is 0 Å². The molecule has 8 nitrogen and oxygen atoms in total. The summed E-state index contributed by atoms with van der Waals surface area (Å²) in [6, 6.07) is 3.20. The van der Waals surface area contributed by atoms with Gasteiger partial charge in [-0.3, -0.25) is 14.6 Å². The zero-order valence-corrected chi connectivity index (χ0v) is 15.3. The number of likely N-dealkylation sites (N-methyl/N-ethyl adjacent to an activating group) is 1. The Labute approximate surface area is 143 Å². The van der Waals surface area contributed by atoms with Crippen LogP contribution in [0.4, 0.5) is 0 Å². The highest BCUT2D eigenvalue weighted by molar-refractivity contribution is 7.88. The lowest BCUT2D eigenvalue weighted by atomic mass is 10.3. The highest BCUT2D eigenvalue weighted by Gasteiger charge is 2.23. The summed E-state index contributed by atoms with van der Waals surface area (Å²) in [5, 5.41) is 2.77. The summed E-state index contributed by atoms with van der Waals surface area (Å²) in [5.74, 6) is 0.683. The van der Waals surface area contributed by atoms with Gasteiger partial charge in [-0.25, -0.2) is 12.7 Å². The molecule has 1 saturated heterocycles. The molecule has 0 aromatic carbocycles. The Morgan fingerprint density at radius 1 is 1.21 bits per heavy atom. The predicted molar refractivity (Wildman–Crippen MR) is 90.0 cm³/mol. The minimum atomic E-state index is -3.53. The maximum atomic E-state index is 12.0. The van der Waals surface area contributed by atoms with Crippen LogP contribution in [0.2, 0.25) is 0 Å². The minimum absolute atomic E-state index is 0.0302. The van der Waals surface area contributed by atoms with Gasteiger partial charge in [0.1, 0.15) is 5.76 Å². The largest absolute Gasteiger partial charge is 0.447 e. The molecule has 2 heterocycles. The summed E-state index contributed by atoms with van der Waals surface area (Å²) in [6.45, 7) is 6.79. The quantitative estimate of drug-likeness (QED) is 0.725. The lowest BCUT2D eigenvalue weighted by molar-refractivity contribution is -0.122. The number of hydrogen-bond acceptors (Lipinski definition) is 6. The highest BCUT2D eigenvalue weighted by atomic mass is 32.2. The van der Waals surface area contributed by atoms with E-state index in [9.17, 15) is 13.2 Å². The van der Waals surface area contributed by atoms with Crippen molar-refractivity contribution < 1.29 is 17.6 Å². The number of hydrogen-bond donors (Lipinski definition) is 1. The van der Waals surface area contributed by atoms with Crippen LogP contribution < -0.4 is 5.32 Å². The predicted octanol–water partition coefficient (Wildman–Crippen LogP) is -0.216. The molecular weight excluding hydrogens is 332 g/mol. The standard InChI is InChI=1S/C15H26N4O4S/c1-4-16-14(20)12-19-9-7-18(8-10-19)11-13-5-6-15(23-13)24(21,22)17(2)3/h5-6H,4,7-12H2,1-3H3,(H,16,20). The van der Waals surface area contributed by atoms with E-state index < -0.39 is 10.0 Å². The van der Waals surface area contributed by atoms with Crippen LogP contribution >= 0.6 is 0 Å². The van der Waals surface area contributed by atoms with Gasteiger partial charge in [0.2, 0.25) is 11.0 Å². The molecule has 1 amide bonds. The number of nitrogens with zero attached hydrogens (tertiary/aromatic N) is 3. The van der Waals surface area contributed by atoms with E-state index in [1.54, 1.807) is 6.07 Å². The van der Waals surface area contributed by atoms with E-state index in [1.807, 2.05) is 6.92 Å². The van der Waals surface area contributed by atoms with Gasteiger partial charge < -0.3 is 9.73 Å². The highest BCUT2D eigenvalue weighted by Crippen LogP contribution is 2.18. The molecule has 1 N–H and O–H groups in total. The first-order valence-corrected chi connectivity index (χ1v) is 9.49. The third-order valence-corrected chi connectivity index (χ3v) is 5.65. The van der Waals surface area contributed by atoms with Crippen LogP contribution in [-0.4, -0.2) is 81.8 Å². The van der Waals surface area contributed by atoms with Crippen LogP contribution in [0, 0.1) is 0 Å². The van der Waals surface area contributed by atoms with Gasteiger partial charge in [-0.05, 0) is 19.1 Å². The zero-order chi connectivity index (χ0) is 17.7. The Hall–Kier alpha value is -1.42. The van der Waals surface area contributed by atoms with E-state index in [4.69, 9.17) is 4.42 Å². The Morgan fingerprint density at radius 3 is 2.42 bits per heavy atom. The molecule has 9 heteroatoms. The fourth-order valence-corrected chi connectivity index (χ4v) is 3.36. The van der Waals surface area contributed by atoms with E-state index in [-0.39, 0.29) is 11.0 Å². The summed E-state index contributed by atoms with van der Waals surface area (Å²) in [4.78, 5) is 15.9. The molecule has 1 aliphatic heterocycles. The Morgan fingerprint density at radius 2 is 1.83 bits per heavy atom. The normalized spacial score (nSPS) is 17.3. The Bertz CT molecular complexity index is 648. The molecular formula is C15H26N4O4S. The van der Waals surface area contributed by atoms with Gasteiger partial charge in [-0.1, -0.05) is 0 Å². The summed E-state index contributed by atoms with van der Waals surface area (Å²) >= 11 is 0. The Balaban J connectivity index is 1.84. The van der Waals surface area contributed by atoms with Gasteiger partial charge in [0.25, 0.3) is 10.0 Å². The van der Waals surface area contributed by atoms with Crippen molar-refractivity contribution in [1.29, 1.82) is 0 Å². The molecule has 1 aromatic heterocycles. The monoisotopic (exact) mass is 358 g/mol. The van der Waals surface area contributed by atoms with Crippen LogP contribution in [0.25, 0.3) is 0 Å². The number of piperazine rings is 1. The third kappa shape index (κ3) is 4.79. The second kappa shape index (κ2) is 8.11. The maximum absolute atomic E-state index is 12.0. The van der Waals surface area contributed by atoms with E-state index in [2.05, 4.69) is 15.1 Å². The topological polar surface area (TPSA) is 86.1 Å². The minimum Gasteiger partial charge on any atom is -0.447 e. The van der Waals surface area contributed by atoms with Crippen LogP contribution in [-0.2, 0) is 21.4 Å². The molecule has 0 saturated carbocycles. The number of rotatable bonds is 7. The second-order valence-corrected chi connectivity index (χ2v) is 8.10. The zero-order valence-electron chi connectivity index (χ0n) is 14.5. The first kappa shape index (κ1) is 18.9. The van der Waals surface area contributed by atoms with E-state index in [1.165, 1.54) is 20.2 Å². The summed E-state index contributed by atoms with van der Waals surface area (Å²) in [5.41, 5.74) is 0. The smallest absolute Gasteiger partial charge is 0.275 e. The fraction of sp³-hybridized carbons (Fsp3) is 0.667. The van der Waals surface area contributed by atoms with Crippen molar-refractivity contribution in [3.8, 4) is 0 Å². The Kier molecular flexibility index (Phi) is 6.39. The van der Waals surface area contributed by atoms with Crippen molar-refractivity contribution in [2.45, 2.75) is 18.6 Å². The van der Waals surface area contributed by atoms with Gasteiger partial charge in [0.05, 0.1) is 13.1 Å². The lowest BCUT2D eigenvalue weighted by Crippen LogP contribution is -2.49. The molecule has 24 heavy (non-hydrogen) atoms. The van der Waals surface area contributed by atoms with Gasteiger partial charge in [0.15, 0.2) is 0 Å². The van der Waals surface area contributed by atoms with Crippen LogP contribution in [0.3, 0.4) is 0 Å². The number of nitrogens with one attached hydrogen (secondary N) is 1. The van der Waals surface area contributed by atoms with Gasteiger partial charge in [-0.2, -0.15) is 0 Å². The molecule has 1 aromatic rings. The van der Waals surface area contributed by atoms with E-state index in [0.29, 0.717) is 25.4 Å². The lowest BCUT2D eigenvalue weighted by Gasteiger charge is -2.33. The number of carbonyl (C=O) groups is 1. The average molecular weight is 358 g/mol. The molecule has 0 atom stereocenters. The molecule has 136 valence electrons.